The molecule has 11 heteroatoms. The lowest BCUT2D eigenvalue weighted by molar-refractivity contribution is -0.205. The van der Waals surface area contributed by atoms with E-state index in [0.29, 0.717) is 31.9 Å². The SMILES string of the molecule is OCC1OC(SCCCOCc2cn(Cc3ccc[nH]3)nn2)C(O)C(O)C1O. The number of ether oxygens (including phenoxy) is 2. The number of thioether (sulfide) groups is 1. The first-order valence-corrected chi connectivity index (χ1v) is 10.1. The van der Waals surface area contributed by atoms with Crippen LogP contribution >= 0.6 is 11.8 Å². The van der Waals surface area contributed by atoms with Crippen molar-refractivity contribution in [3.63, 3.8) is 0 Å². The van der Waals surface area contributed by atoms with Crippen LogP contribution in [-0.2, 0) is 22.6 Å². The molecule has 1 saturated heterocycles. The molecule has 0 aliphatic carbocycles. The predicted octanol–water partition coefficient (Wildman–Crippen LogP) is -0.906. The molecule has 0 radical (unpaired) electrons. The van der Waals surface area contributed by atoms with Crippen LogP contribution < -0.4 is 0 Å². The Labute approximate surface area is 166 Å². The number of nitrogens with zero attached hydrogens (tertiary/aromatic N) is 3. The van der Waals surface area contributed by atoms with Gasteiger partial charge in [-0.25, -0.2) is 4.68 Å². The van der Waals surface area contributed by atoms with Gasteiger partial charge in [-0.2, -0.15) is 0 Å². The highest BCUT2D eigenvalue weighted by atomic mass is 32.2. The maximum Gasteiger partial charge on any atom is 0.132 e. The number of aromatic nitrogens is 4. The highest BCUT2D eigenvalue weighted by molar-refractivity contribution is 7.99. The average molecular weight is 414 g/mol. The van der Waals surface area contributed by atoms with E-state index in [0.717, 1.165) is 11.4 Å². The third-order valence-corrected chi connectivity index (χ3v) is 5.64. The zero-order valence-electron chi connectivity index (χ0n) is 15.3. The van der Waals surface area contributed by atoms with Crippen LogP contribution in [0, 0.1) is 0 Å². The summed E-state index contributed by atoms with van der Waals surface area (Å²) < 4.78 is 12.8. The molecule has 1 fully saturated rings. The van der Waals surface area contributed by atoms with Crippen molar-refractivity contribution in [1.29, 1.82) is 0 Å². The van der Waals surface area contributed by atoms with Gasteiger partial charge in [0, 0.05) is 18.5 Å². The maximum atomic E-state index is 9.98. The molecule has 1 aliphatic rings. The Morgan fingerprint density at radius 3 is 2.86 bits per heavy atom. The number of hydrogen-bond donors (Lipinski definition) is 5. The highest BCUT2D eigenvalue weighted by Crippen LogP contribution is 2.28. The van der Waals surface area contributed by atoms with Gasteiger partial charge in [-0.05, 0) is 24.3 Å². The number of aliphatic hydroxyl groups is 4. The van der Waals surface area contributed by atoms with Gasteiger partial charge in [-0.15, -0.1) is 16.9 Å². The molecule has 0 spiro atoms. The summed E-state index contributed by atoms with van der Waals surface area (Å²) in [7, 11) is 0. The Bertz CT molecular complexity index is 698. The van der Waals surface area contributed by atoms with E-state index < -0.39 is 36.5 Å². The Morgan fingerprint density at radius 2 is 2.11 bits per heavy atom. The Morgan fingerprint density at radius 1 is 1.25 bits per heavy atom. The normalized spacial score (nSPS) is 27.9. The van der Waals surface area contributed by atoms with E-state index in [4.69, 9.17) is 9.47 Å². The van der Waals surface area contributed by atoms with Crippen molar-refractivity contribution in [1.82, 2.24) is 20.0 Å². The second-order valence-corrected chi connectivity index (χ2v) is 7.78. The lowest BCUT2D eigenvalue weighted by Gasteiger charge is -2.39. The molecule has 10 nitrogen and oxygen atoms in total. The van der Waals surface area contributed by atoms with Crippen molar-refractivity contribution >= 4 is 11.8 Å². The lowest BCUT2D eigenvalue weighted by Crippen LogP contribution is -2.57. The van der Waals surface area contributed by atoms with Crippen LogP contribution in [0.25, 0.3) is 0 Å². The van der Waals surface area contributed by atoms with Gasteiger partial charge in [0.2, 0.25) is 0 Å². The molecule has 0 aromatic carbocycles. The van der Waals surface area contributed by atoms with Gasteiger partial charge in [0.25, 0.3) is 0 Å². The number of aliphatic hydroxyl groups excluding tert-OH is 4. The molecule has 28 heavy (non-hydrogen) atoms. The van der Waals surface area contributed by atoms with Gasteiger partial charge in [-0.1, -0.05) is 5.21 Å². The van der Waals surface area contributed by atoms with Crippen LogP contribution in [0.4, 0.5) is 0 Å². The van der Waals surface area contributed by atoms with E-state index in [1.165, 1.54) is 11.8 Å². The smallest absolute Gasteiger partial charge is 0.132 e. The zero-order chi connectivity index (χ0) is 19.9. The summed E-state index contributed by atoms with van der Waals surface area (Å²) in [5.74, 6) is 0.627. The molecular weight excluding hydrogens is 388 g/mol. The van der Waals surface area contributed by atoms with Crippen LogP contribution in [-0.4, -0.2) is 89.2 Å². The number of hydrogen-bond acceptors (Lipinski definition) is 9. The molecule has 0 amide bonds. The molecule has 156 valence electrons. The molecule has 0 saturated carbocycles. The third-order valence-electron chi connectivity index (χ3n) is 4.39. The Balaban J connectivity index is 1.31. The predicted molar refractivity (Wildman–Crippen MR) is 100 cm³/mol. The van der Waals surface area contributed by atoms with E-state index in [2.05, 4.69) is 15.3 Å². The molecule has 3 heterocycles. The van der Waals surface area contributed by atoms with Gasteiger partial charge >= 0.3 is 0 Å². The van der Waals surface area contributed by atoms with Crippen molar-refractivity contribution in [2.45, 2.75) is 49.4 Å². The van der Waals surface area contributed by atoms with E-state index >= 15 is 0 Å². The third kappa shape index (κ3) is 5.54. The van der Waals surface area contributed by atoms with Crippen molar-refractivity contribution in [2.24, 2.45) is 0 Å². The number of aromatic amines is 1. The van der Waals surface area contributed by atoms with Crippen molar-refractivity contribution < 1.29 is 29.9 Å². The minimum atomic E-state index is -1.34. The first-order valence-electron chi connectivity index (χ1n) is 9.09. The Kier molecular flexibility index (Phi) is 7.85. The van der Waals surface area contributed by atoms with E-state index in [9.17, 15) is 20.4 Å². The van der Waals surface area contributed by atoms with Crippen molar-refractivity contribution in [2.75, 3.05) is 19.0 Å². The highest BCUT2D eigenvalue weighted by Gasteiger charge is 2.43. The molecule has 1 aliphatic heterocycles. The minimum Gasteiger partial charge on any atom is -0.394 e. The summed E-state index contributed by atoms with van der Waals surface area (Å²) in [5.41, 5.74) is 1.08. The second-order valence-electron chi connectivity index (χ2n) is 6.58. The van der Waals surface area contributed by atoms with E-state index in [1.807, 2.05) is 24.5 Å². The first-order chi connectivity index (χ1) is 13.6. The van der Waals surface area contributed by atoms with Crippen molar-refractivity contribution in [3.05, 3.63) is 35.9 Å². The van der Waals surface area contributed by atoms with Crippen LogP contribution in [0.3, 0.4) is 0 Å². The molecule has 5 unspecified atom stereocenters. The lowest BCUT2D eigenvalue weighted by atomic mass is 10.0. The number of nitrogens with one attached hydrogen (secondary N) is 1. The zero-order valence-corrected chi connectivity index (χ0v) is 16.1. The summed E-state index contributed by atoms with van der Waals surface area (Å²) in [5, 5.41) is 46.8. The van der Waals surface area contributed by atoms with E-state index in [-0.39, 0.29) is 0 Å². The van der Waals surface area contributed by atoms with Gasteiger partial charge in [-0.3, -0.25) is 0 Å². The molecule has 0 bridgehead atoms. The topological polar surface area (TPSA) is 146 Å². The summed E-state index contributed by atoms with van der Waals surface area (Å²) in [4.78, 5) is 3.11. The largest absolute Gasteiger partial charge is 0.394 e. The summed E-state index contributed by atoms with van der Waals surface area (Å²) in [6, 6.07) is 3.91. The molecule has 5 atom stereocenters. The molecule has 2 aromatic rings. The van der Waals surface area contributed by atoms with Crippen LogP contribution in [0.2, 0.25) is 0 Å². The number of H-pyrrole nitrogens is 1. The fraction of sp³-hybridized carbons (Fsp3) is 0.647. The molecular formula is C17H26N4O6S. The molecule has 3 rings (SSSR count). The van der Waals surface area contributed by atoms with Crippen molar-refractivity contribution in [3.8, 4) is 0 Å². The molecule has 2 aromatic heterocycles. The average Bonchev–Trinajstić information content (AvgIpc) is 3.37. The quantitative estimate of drug-likeness (QED) is 0.312. The summed E-state index contributed by atoms with van der Waals surface area (Å²) in [6.45, 7) is 1.05. The molecule has 5 N–H and O–H groups in total. The summed E-state index contributed by atoms with van der Waals surface area (Å²) >= 11 is 1.31. The van der Waals surface area contributed by atoms with E-state index in [1.54, 1.807) is 4.68 Å². The second kappa shape index (κ2) is 10.3. The fourth-order valence-corrected chi connectivity index (χ4v) is 3.96. The minimum absolute atomic E-state index is 0.357. The van der Waals surface area contributed by atoms with Gasteiger partial charge in [0.1, 0.15) is 35.5 Å². The standard InChI is InChI=1S/C17H26N4O6S/c22-9-13-14(23)15(24)16(25)17(27-13)28-6-2-5-26-10-12-8-21(20-19-12)7-11-3-1-4-18-11/h1,3-4,8,13-18,22-25H,2,5-7,9-10H2. The van der Waals surface area contributed by atoms with Gasteiger partial charge < -0.3 is 34.9 Å². The van der Waals surface area contributed by atoms with Gasteiger partial charge in [0.15, 0.2) is 0 Å². The van der Waals surface area contributed by atoms with Crippen LogP contribution in [0.5, 0.6) is 0 Å². The monoisotopic (exact) mass is 414 g/mol. The summed E-state index contributed by atoms with van der Waals surface area (Å²) in [6.07, 6.45) is -0.351. The maximum absolute atomic E-state index is 9.98. The van der Waals surface area contributed by atoms with Crippen LogP contribution in [0.1, 0.15) is 17.8 Å². The Hall–Kier alpha value is -1.47. The van der Waals surface area contributed by atoms with Gasteiger partial charge in [0.05, 0.1) is 26.0 Å². The number of rotatable bonds is 10. The van der Waals surface area contributed by atoms with Crippen LogP contribution in [0.15, 0.2) is 24.5 Å². The fourth-order valence-electron chi connectivity index (χ4n) is 2.86. The first kappa shape index (κ1) is 21.2.